The number of nitrogens with two attached hydrogens (primary N) is 1. The molecule has 1 rings (SSSR count). The van der Waals surface area contributed by atoms with Crippen LogP contribution in [0.2, 0.25) is 0 Å². The van der Waals surface area contributed by atoms with E-state index < -0.39 is 0 Å². The normalized spacial score (nSPS) is 7.90. The molecule has 1 heterocycles. The van der Waals surface area contributed by atoms with Crippen LogP contribution in [0, 0.1) is 0 Å². The van der Waals surface area contributed by atoms with Crippen LogP contribution in [0.1, 0.15) is 20.8 Å². The van der Waals surface area contributed by atoms with E-state index in [2.05, 4.69) is 4.98 Å². The van der Waals surface area contributed by atoms with Gasteiger partial charge in [0.15, 0.2) is 0 Å². The van der Waals surface area contributed by atoms with Gasteiger partial charge in [-0.3, -0.25) is 4.98 Å². The molecular weight excluding hydrogens is 124 g/mol. The zero-order valence-electron chi connectivity index (χ0n) is 6.54. The summed E-state index contributed by atoms with van der Waals surface area (Å²) in [5.74, 6) is 0. The molecule has 0 atom stereocenters. The van der Waals surface area contributed by atoms with Crippen molar-refractivity contribution in [2.75, 3.05) is 0 Å². The maximum absolute atomic E-state index is 5.32. The van der Waals surface area contributed by atoms with Gasteiger partial charge in [-0.2, -0.15) is 0 Å². The van der Waals surface area contributed by atoms with E-state index in [1.54, 1.807) is 12.4 Å². The van der Waals surface area contributed by atoms with Crippen molar-refractivity contribution in [1.82, 2.24) is 4.98 Å². The lowest BCUT2D eigenvalue weighted by molar-refractivity contribution is 1.06. The Bertz CT molecular complexity index is 153. The second-order valence-electron chi connectivity index (χ2n) is 1.56. The van der Waals surface area contributed by atoms with Crippen molar-refractivity contribution >= 4 is 0 Å². The Morgan fingerprint density at radius 1 is 1.40 bits per heavy atom. The highest BCUT2D eigenvalue weighted by Crippen LogP contribution is 1.91. The molecule has 10 heavy (non-hydrogen) atoms. The summed E-state index contributed by atoms with van der Waals surface area (Å²) in [6.07, 6.45) is 3.48. The fourth-order valence-electron chi connectivity index (χ4n) is 0.519. The summed E-state index contributed by atoms with van der Waals surface area (Å²) in [5, 5.41) is 0. The fraction of sp³-hybridized carbons (Fsp3) is 0.375. The largest absolute Gasteiger partial charge is 0.326 e. The minimum absolute atomic E-state index is 0. The summed E-state index contributed by atoms with van der Waals surface area (Å²) in [6.45, 7) is 4.60. The van der Waals surface area contributed by atoms with Crippen LogP contribution in [-0.4, -0.2) is 4.98 Å². The Morgan fingerprint density at radius 3 is 2.20 bits per heavy atom. The monoisotopic (exact) mass is 140 g/mol. The number of hydrogen-bond donors (Lipinski definition) is 1. The van der Waals surface area contributed by atoms with Gasteiger partial charge in [-0.15, -0.1) is 0 Å². The van der Waals surface area contributed by atoms with Crippen LogP contribution in [0.5, 0.6) is 0 Å². The molecule has 2 N–H and O–H groups in total. The number of rotatable bonds is 1. The first-order valence-corrected chi connectivity index (χ1v) is 3.52. The molecule has 0 bridgehead atoms. The third kappa shape index (κ3) is 3.20. The smallest absolute Gasteiger partial charge is 0.0271 e. The van der Waals surface area contributed by atoms with Crippen LogP contribution >= 0.6 is 0 Å². The van der Waals surface area contributed by atoms with Crippen LogP contribution in [0.3, 0.4) is 0 Å². The van der Waals surface area contributed by atoms with Crippen molar-refractivity contribution in [2.24, 2.45) is 5.73 Å². The average molecular weight is 140 g/mol. The lowest BCUT2D eigenvalue weighted by Gasteiger charge is -1.89. The molecular formula is C8H16N2. The summed E-state index contributed by atoms with van der Waals surface area (Å²) < 4.78 is 0. The first kappa shape index (κ1) is 9.11. The maximum Gasteiger partial charge on any atom is 0.0271 e. The molecule has 0 aromatic carbocycles. The van der Waals surface area contributed by atoms with Crippen LogP contribution in [0.25, 0.3) is 0 Å². The predicted molar refractivity (Wildman–Crippen MR) is 45.6 cm³/mol. The highest BCUT2D eigenvalue weighted by molar-refractivity contribution is 5.08. The van der Waals surface area contributed by atoms with Gasteiger partial charge in [-0.25, -0.2) is 0 Å². The Kier molecular flexibility index (Phi) is 5.68. The quantitative estimate of drug-likeness (QED) is 0.646. The Morgan fingerprint density at radius 2 is 1.90 bits per heavy atom. The van der Waals surface area contributed by atoms with Gasteiger partial charge in [0.1, 0.15) is 0 Å². The van der Waals surface area contributed by atoms with E-state index in [-0.39, 0.29) is 1.43 Å². The molecule has 0 aliphatic carbocycles. The maximum atomic E-state index is 5.32. The van der Waals surface area contributed by atoms with Crippen LogP contribution in [-0.2, 0) is 6.54 Å². The molecule has 2 nitrogen and oxygen atoms in total. The molecule has 0 aliphatic heterocycles. The van der Waals surface area contributed by atoms with Crippen molar-refractivity contribution in [1.29, 1.82) is 0 Å². The number of aromatic nitrogens is 1. The van der Waals surface area contributed by atoms with Gasteiger partial charge in [0.25, 0.3) is 0 Å². The van der Waals surface area contributed by atoms with E-state index in [1.807, 2.05) is 26.0 Å². The molecule has 0 unspecified atom stereocenters. The minimum Gasteiger partial charge on any atom is -0.326 e. The molecule has 0 saturated heterocycles. The molecule has 0 spiro atoms. The Hall–Kier alpha value is -0.890. The SMILES string of the molecule is CC.NCc1ccncc1.[HH]. The molecule has 0 radical (unpaired) electrons. The van der Waals surface area contributed by atoms with E-state index in [4.69, 9.17) is 5.73 Å². The van der Waals surface area contributed by atoms with E-state index in [1.165, 1.54) is 0 Å². The van der Waals surface area contributed by atoms with Crippen molar-refractivity contribution in [3.63, 3.8) is 0 Å². The molecule has 2 heteroatoms. The minimum atomic E-state index is 0. The lowest BCUT2D eigenvalue weighted by atomic mass is 10.3. The molecule has 0 saturated carbocycles. The number of pyridine rings is 1. The molecule has 1 aromatic rings. The summed E-state index contributed by atoms with van der Waals surface area (Å²) in [4.78, 5) is 3.84. The summed E-state index contributed by atoms with van der Waals surface area (Å²) in [7, 11) is 0. The molecule has 0 aliphatic rings. The van der Waals surface area contributed by atoms with E-state index in [0.717, 1.165) is 5.56 Å². The second-order valence-corrected chi connectivity index (χ2v) is 1.56. The summed E-state index contributed by atoms with van der Waals surface area (Å²) in [5.41, 5.74) is 6.45. The summed E-state index contributed by atoms with van der Waals surface area (Å²) in [6, 6.07) is 3.81. The molecule has 1 aromatic heterocycles. The van der Waals surface area contributed by atoms with Crippen LogP contribution < -0.4 is 5.73 Å². The van der Waals surface area contributed by atoms with Gasteiger partial charge < -0.3 is 5.73 Å². The number of hydrogen-bond acceptors (Lipinski definition) is 2. The van der Waals surface area contributed by atoms with Crippen molar-refractivity contribution in [3.05, 3.63) is 30.1 Å². The fourth-order valence-corrected chi connectivity index (χ4v) is 0.519. The zero-order chi connectivity index (χ0) is 7.82. The van der Waals surface area contributed by atoms with Crippen LogP contribution in [0.4, 0.5) is 0 Å². The first-order valence-electron chi connectivity index (χ1n) is 3.52. The molecule has 0 fully saturated rings. The standard InChI is InChI=1S/C6H8N2.C2H6.H2/c7-5-6-1-3-8-4-2-6;1-2;/h1-4H,5,7H2;1-2H3;1H. The van der Waals surface area contributed by atoms with Crippen LogP contribution in [0.15, 0.2) is 24.5 Å². The highest BCUT2D eigenvalue weighted by Gasteiger charge is 1.80. The average Bonchev–Trinajstić information content (AvgIpc) is 2.10. The van der Waals surface area contributed by atoms with E-state index in [0.29, 0.717) is 6.54 Å². The van der Waals surface area contributed by atoms with Gasteiger partial charge in [0.05, 0.1) is 0 Å². The second kappa shape index (κ2) is 6.23. The van der Waals surface area contributed by atoms with Gasteiger partial charge in [-0.05, 0) is 17.7 Å². The third-order valence-electron chi connectivity index (χ3n) is 0.985. The van der Waals surface area contributed by atoms with E-state index in [9.17, 15) is 0 Å². The van der Waals surface area contributed by atoms with Crippen molar-refractivity contribution in [3.8, 4) is 0 Å². The van der Waals surface area contributed by atoms with Gasteiger partial charge in [-0.1, -0.05) is 13.8 Å². The molecule has 0 amide bonds. The van der Waals surface area contributed by atoms with Gasteiger partial charge in [0.2, 0.25) is 0 Å². The predicted octanol–water partition coefficient (Wildman–Crippen LogP) is 1.81. The molecule has 58 valence electrons. The zero-order valence-corrected chi connectivity index (χ0v) is 6.54. The van der Waals surface area contributed by atoms with E-state index >= 15 is 0 Å². The Balaban J connectivity index is 0. The first-order chi connectivity index (χ1) is 4.93. The Labute approximate surface area is 63.6 Å². The highest BCUT2D eigenvalue weighted by atomic mass is 14.6. The third-order valence-corrected chi connectivity index (χ3v) is 0.985. The van der Waals surface area contributed by atoms with Crippen molar-refractivity contribution in [2.45, 2.75) is 20.4 Å². The lowest BCUT2D eigenvalue weighted by Crippen LogP contribution is -1.94. The summed E-state index contributed by atoms with van der Waals surface area (Å²) >= 11 is 0. The van der Waals surface area contributed by atoms with Gasteiger partial charge in [0, 0.05) is 20.4 Å². The number of nitrogens with zero attached hydrogens (tertiary/aromatic N) is 1. The van der Waals surface area contributed by atoms with Gasteiger partial charge >= 0.3 is 0 Å². The van der Waals surface area contributed by atoms with Crippen molar-refractivity contribution < 1.29 is 1.43 Å². The topological polar surface area (TPSA) is 38.9 Å².